The fraction of sp³-hybridized carbons (Fsp3) is 0.304. The van der Waals surface area contributed by atoms with Crippen LogP contribution < -0.4 is 9.47 Å². The molecular formula is C23H23ClN2O2. The van der Waals surface area contributed by atoms with Crippen LogP contribution in [-0.4, -0.2) is 29.2 Å². The molecule has 0 radical (unpaired) electrons. The molecule has 2 aliphatic rings. The van der Waals surface area contributed by atoms with Crippen molar-refractivity contribution in [1.29, 1.82) is 0 Å². The van der Waals surface area contributed by atoms with E-state index in [9.17, 15) is 0 Å². The summed E-state index contributed by atoms with van der Waals surface area (Å²) in [7, 11) is 0. The highest BCUT2D eigenvalue weighted by Gasteiger charge is 2.28. The lowest BCUT2D eigenvalue weighted by Gasteiger charge is -2.31. The van der Waals surface area contributed by atoms with Gasteiger partial charge in [0.25, 0.3) is 0 Å². The molecule has 0 saturated heterocycles. The molecule has 28 heavy (non-hydrogen) atoms. The average molecular weight is 395 g/mol. The topological polar surface area (TPSA) is 26.6 Å². The van der Waals surface area contributed by atoms with Crippen LogP contribution in [0.3, 0.4) is 0 Å². The molecule has 2 aromatic carbocycles. The molecule has 0 bridgehead atoms. The zero-order valence-electron chi connectivity index (χ0n) is 15.7. The molecule has 3 heterocycles. The fourth-order valence-corrected chi connectivity index (χ4v) is 4.49. The first-order chi connectivity index (χ1) is 13.8. The summed E-state index contributed by atoms with van der Waals surface area (Å²) in [4.78, 5) is 2.54. The highest BCUT2D eigenvalue weighted by Crippen LogP contribution is 2.36. The van der Waals surface area contributed by atoms with Crippen LogP contribution in [0.5, 0.6) is 11.5 Å². The Bertz CT molecular complexity index is 984. The van der Waals surface area contributed by atoms with Gasteiger partial charge in [0.15, 0.2) is 11.5 Å². The maximum Gasteiger partial charge on any atom is 0.161 e. The van der Waals surface area contributed by atoms with Gasteiger partial charge in [-0.05, 0) is 53.9 Å². The number of nitrogens with zero attached hydrogens (tertiary/aromatic N) is 2. The third kappa shape index (κ3) is 3.38. The molecule has 144 valence electrons. The Balaban J connectivity index is 1.51. The summed E-state index contributed by atoms with van der Waals surface area (Å²) in [5.74, 6) is 1.69. The van der Waals surface area contributed by atoms with Gasteiger partial charge < -0.3 is 14.0 Å². The van der Waals surface area contributed by atoms with Crippen molar-refractivity contribution in [2.45, 2.75) is 25.6 Å². The predicted molar refractivity (Wildman–Crippen MR) is 110 cm³/mol. The van der Waals surface area contributed by atoms with Crippen molar-refractivity contribution in [3.05, 3.63) is 82.6 Å². The van der Waals surface area contributed by atoms with Crippen molar-refractivity contribution < 1.29 is 9.47 Å². The molecule has 0 saturated carbocycles. The van der Waals surface area contributed by atoms with Gasteiger partial charge in [-0.2, -0.15) is 0 Å². The maximum absolute atomic E-state index is 6.34. The molecule has 5 heteroatoms. The second kappa shape index (κ2) is 7.53. The number of halogens is 1. The van der Waals surface area contributed by atoms with Crippen LogP contribution in [0, 0.1) is 0 Å². The van der Waals surface area contributed by atoms with Gasteiger partial charge in [0.05, 0.1) is 6.04 Å². The normalized spacial score (nSPS) is 19.1. The molecule has 0 fully saturated rings. The van der Waals surface area contributed by atoms with Crippen molar-refractivity contribution >= 4 is 11.6 Å². The van der Waals surface area contributed by atoms with Crippen molar-refractivity contribution in [1.82, 2.24) is 9.47 Å². The van der Waals surface area contributed by atoms with Gasteiger partial charge in [0.1, 0.15) is 13.2 Å². The summed E-state index contributed by atoms with van der Waals surface area (Å²) < 4.78 is 13.8. The van der Waals surface area contributed by atoms with Crippen LogP contribution in [0.1, 0.15) is 29.3 Å². The molecular weight excluding hydrogens is 372 g/mol. The summed E-state index contributed by atoms with van der Waals surface area (Å²) >= 11 is 6.34. The second-order valence-corrected chi connectivity index (χ2v) is 7.82. The minimum atomic E-state index is 0.171. The van der Waals surface area contributed by atoms with Crippen LogP contribution in [0.15, 0.2) is 60.8 Å². The molecule has 1 atom stereocenters. The van der Waals surface area contributed by atoms with E-state index in [1.807, 2.05) is 18.2 Å². The standard InChI is InChI=1S/C23H23ClN2O2/c24-19-5-1-4-18(15-19)23-20-6-2-9-25(20)10-3-11-26(23)16-17-7-8-21-22(14-17)28-13-12-27-21/h1-2,4-9,14-15,23H,3,10-13,16H2/t23-/m0/s1. The van der Waals surface area contributed by atoms with Gasteiger partial charge in [-0.25, -0.2) is 0 Å². The van der Waals surface area contributed by atoms with E-state index in [2.05, 4.69) is 52.1 Å². The van der Waals surface area contributed by atoms with E-state index in [4.69, 9.17) is 21.1 Å². The summed E-state index contributed by atoms with van der Waals surface area (Å²) in [6.45, 7) is 4.13. The Hall–Kier alpha value is -2.43. The number of rotatable bonds is 3. The van der Waals surface area contributed by atoms with Gasteiger partial charge in [-0.15, -0.1) is 0 Å². The van der Waals surface area contributed by atoms with Crippen LogP contribution in [0.2, 0.25) is 5.02 Å². The van der Waals surface area contributed by atoms with Gasteiger partial charge in [-0.3, -0.25) is 4.90 Å². The van der Waals surface area contributed by atoms with E-state index in [1.165, 1.54) is 16.8 Å². The Morgan fingerprint density at radius 1 is 0.929 bits per heavy atom. The largest absolute Gasteiger partial charge is 0.486 e. The van der Waals surface area contributed by atoms with E-state index in [1.54, 1.807) is 0 Å². The fourth-order valence-electron chi connectivity index (χ4n) is 4.29. The Morgan fingerprint density at radius 2 is 1.82 bits per heavy atom. The lowest BCUT2D eigenvalue weighted by molar-refractivity contribution is 0.170. The van der Waals surface area contributed by atoms with Crippen molar-refractivity contribution in [3.8, 4) is 11.5 Å². The zero-order valence-corrected chi connectivity index (χ0v) is 16.4. The molecule has 0 spiro atoms. The van der Waals surface area contributed by atoms with Gasteiger partial charge in [0.2, 0.25) is 0 Å². The summed E-state index contributed by atoms with van der Waals surface area (Å²) in [6.07, 6.45) is 3.30. The lowest BCUT2D eigenvalue weighted by atomic mass is 10.0. The monoisotopic (exact) mass is 394 g/mol. The van der Waals surface area contributed by atoms with E-state index in [0.29, 0.717) is 13.2 Å². The number of fused-ring (bicyclic) bond motifs is 2. The third-order valence-electron chi connectivity index (χ3n) is 5.51. The zero-order chi connectivity index (χ0) is 18.9. The number of benzene rings is 2. The molecule has 0 N–H and O–H groups in total. The van der Waals surface area contributed by atoms with Crippen LogP contribution in [0.4, 0.5) is 0 Å². The Kier molecular flexibility index (Phi) is 4.75. The molecule has 1 aromatic heterocycles. The summed E-state index contributed by atoms with van der Waals surface area (Å²) in [6, 6.07) is 19.1. The van der Waals surface area contributed by atoms with Crippen LogP contribution in [0.25, 0.3) is 0 Å². The first-order valence-electron chi connectivity index (χ1n) is 9.81. The summed E-state index contributed by atoms with van der Waals surface area (Å²) in [5.41, 5.74) is 3.78. The molecule has 2 aliphatic heterocycles. The first-order valence-corrected chi connectivity index (χ1v) is 10.2. The molecule has 0 aliphatic carbocycles. The van der Waals surface area contributed by atoms with Gasteiger partial charge >= 0.3 is 0 Å². The first kappa shape index (κ1) is 17.7. The predicted octanol–water partition coefficient (Wildman–Crippen LogP) is 4.91. The molecule has 4 nitrogen and oxygen atoms in total. The van der Waals surface area contributed by atoms with E-state index in [-0.39, 0.29) is 6.04 Å². The smallest absolute Gasteiger partial charge is 0.161 e. The average Bonchev–Trinajstić information content (AvgIpc) is 3.09. The van der Waals surface area contributed by atoms with Gasteiger partial charge in [0, 0.05) is 36.5 Å². The number of aryl methyl sites for hydroxylation is 1. The minimum Gasteiger partial charge on any atom is -0.486 e. The number of ether oxygens (including phenoxy) is 2. The lowest BCUT2D eigenvalue weighted by Crippen LogP contribution is -2.29. The molecule has 0 unspecified atom stereocenters. The highest BCUT2D eigenvalue weighted by molar-refractivity contribution is 6.30. The Labute approximate surface area is 170 Å². The molecule has 3 aromatic rings. The number of hydrogen-bond acceptors (Lipinski definition) is 3. The van der Waals surface area contributed by atoms with Crippen molar-refractivity contribution in [3.63, 3.8) is 0 Å². The van der Waals surface area contributed by atoms with Crippen LogP contribution in [-0.2, 0) is 13.1 Å². The number of aromatic nitrogens is 1. The molecule has 0 amide bonds. The van der Waals surface area contributed by atoms with E-state index >= 15 is 0 Å². The maximum atomic E-state index is 6.34. The SMILES string of the molecule is Clc1cccc([C@H]2c3cccn3CCCN2Cc2ccc3c(c2)OCCO3)c1. The third-order valence-corrected chi connectivity index (χ3v) is 5.75. The van der Waals surface area contributed by atoms with Crippen molar-refractivity contribution in [2.24, 2.45) is 0 Å². The van der Waals surface area contributed by atoms with E-state index < -0.39 is 0 Å². The quantitative estimate of drug-likeness (QED) is 0.631. The minimum absolute atomic E-state index is 0.171. The highest BCUT2D eigenvalue weighted by atomic mass is 35.5. The van der Waals surface area contributed by atoms with Crippen molar-refractivity contribution in [2.75, 3.05) is 19.8 Å². The van der Waals surface area contributed by atoms with Gasteiger partial charge in [-0.1, -0.05) is 29.8 Å². The molecule has 5 rings (SSSR count). The Morgan fingerprint density at radius 3 is 2.71 bits per heavy atom. The van der Waals surface area contributed by atoms with Crippen LogP contribution >= 0.6 is 11.6 Å². The number of hydrogen-bond donors (Lipinski definition) is 0. The second-order valence-electron chi connectivity index (χ2n) is 7.39. The summed E-state index contributed by atoms with van der Waals surface area (Å²) in [5, 5.41) is 0.777. The van der Waals surface area contributed by atoms with E-state index in [0.717, 1.165) is 42.6 Å².